The van der Waals surface area contributed by atoms with Crippen LogP contribution in [-0.4, -0.2) is 28.1 Å². The Morgan fingerprint density at radius 1 is 1.53 bits per heavy atom. The van der Waals surface area contributed by atoms with Gasteiger partial charge in [-0.05, 0) is 32.9 Å². The quantitative estimate of drug-likeness (QED) is 0.827. The third-order valence-corrected chi connectivity index (χ3v) is 2.20. The van der Waals surface area contributed by atoms with Gasteiger partial charge in [0.1, 0.15) is 5.76 Å². The van der Waals surface area contributed by atoms with Crippen LogP contribution in [0.5, 0.6) is 0 Å². The van der Waals surface area contributed by atoms with Crippen LogP contribution in [0.1, 0.15) is 26.5 Å². The molecule has 0 spiro atoms. The van der Waals surface area contributed by atoms with Gasteiger partial charge in [0.05, 0.1) is 19.4 Å². The molecular formula is C11H17NO3. The number of furan rings is 1. The van der Waals surface area contributed by atoms with Crippen molar-refractivity contribution in [2.24, 2.45) is 0 Å². The molecule has 84 valence electrons. The predicted molar refractivity (Wildman–Crippen MR) is 56.5 cm³/mol. The van der Waals surface area contributed by atoms with E-state index in [1.54, 1.807) is 12.3 Å². The van der Waals surface area contributed by atoms with Crippen LogP contribution in [0.3, 0.4) is 0 Å². The lowest BCUT2D eigenvalue weighted by Gasteiger charge is -2.33. The number of hydrogen-bond donors (Lipinski definition) is 1. The molecule has 0 aromatic carbocycles. The van der Waals surface area contributed by atoms with Gasteiger partial charge in [-0.2, -0.15) is 0 Å². The molecule has 0 saturated heterocycles. The van der Waals surface area contributed by atoms with Crippen molar-refractivity contribution < 1.29 is 14.3 Å². The van der Waals surface area contributed by atoms with Crippen molar-refractivity contribution in [2.45, 2.75) is 32.9 Å². The van der Waals surface area contributed by atoms with Gasteiger partial charge >= 0.3 is 5.97 Å². The summed E-state index contributed by atoms with van der Waals surface area (Å²) in [5.41, 5.74) is -0.189. The minimum atomic E-state index is -0.823. The fourth-order valence-corrected chi connectivity index (χ4v) is 1.28. The van der Waals surface area contributed by atoms with Crippen molar-refractivity contribution >= 4 is 5.97 Å². The van der Waals surface area contributed by atoms with Crippen LogP contribution in [0.4, 0.5) is 0 Å². The normalized spacial score (nSPS) is 12.0. The van der Waals surface area contributed by atoms with Crippen LogP contribution < -0.4 is 0 Å². The summed E-state index contributed by atoms with van der Waals surface area (Å²) in [6, 6.07) is 3.65. The monoisotopic (exact) mass is 211 g/mol. The highest BCUT2D eigenvalue weighted by Gasteiger charge is 2.24. The van der Waals surface area contributed by atoms with Gasteiger partial charge in [-0.15, -0.1) is 0 Å². The molecule has 0 bridgehead atoms. The maximum atomic E-state index is 10.7. The van der Waals surface area contributed by atoms with Gasteiger partial charge in [0.15, 0.2) is 0 Å². The summed E-state index contributed by atoms with van der Waals surface area (Å²) < 4.78 is 5.21. The molecular weight excluding hydrogens is 194 g/mol. The zero-order valence-corrected chi connectivity index (χ0v) is 9.36. The summed E-state index contributed by atoms with van der Waals surface area (Å²) in [7, 11) is 0. The molecule has 4 heteroatoms. The minimum Gasteiger partial charge on any atom is -0.480 e. The first-order chi connectivity index (χ1) is 6.89. The van der Waals surface area contributed by atoms with E-state index in [4.69, 9.17) is 9.52 Å². The Kier molecular flexibility index (Phi) is 3.52. The molecule has 15 heavy (non-hydrogen) atoms. The molecule has 4 nitrogen and oxygen atoms in total. The highest BCUT2D eigenvalue weighted by molar-refractivity contribution is 5.69. The smallest absolute Gasteiger partial charge is 0.317 e. The van der Waals surface area contributed by atoms with Gasteiger partial charge in [0, 0.05) is 5.54 Å². The largest absolute Gasteiger partial charge is 0.480 e. The van der Waals surface area contributed by atoms with Crippen LogP contribution in [-0.2, 0) is 11.3 Å². The van der Waals surface area contributed by atoms with Gasteiger partial charge in [0.25, 0.3) is 0 Å². The van der Waals surface area contributed by atoms with Crippen LogP contribution in [0.15, 0.2) is 22.8 Å². The third-order valence-electron chi connectivity index (χ3n) is 2.20. The SMILES string of the molecule is CC(C)(C)N(CC(=O)O)Cc1ccco1. The molecule has 0 saturated carbocycles. The lowest BCUT2D eigenvalue weighted by Crippen LogP contribution is -2.43. The lowest BCUT2D eigenvalue weighted by atomic mass is 10.1. The van der Waals surface area contributed by atoms with E-state index in [2.05, 4.69) is 0 Å². The summed E-state index contributed by atoms with van der Waals surface area (Å²) in [4.78, 5) is 12.6. The number of rotatable bonds is 4. The second-order valence-electron chi connectivity index (χ2n) is 4.50. The predicted octanol–water partition coefficient (Wildman–Crippen LogP) is 1.96. The molecule has 0 radical (unpaired) electrons. The Hall–Kier alpha value is -1.29. The van der Waals surface area contributed by atoms with Crippen molar-refractivity contribution in [3.63, 3.8) is 0 Å². The van der Waals surface area contributed by atoms with Crippen LogP contribution in [0.2, 0.25) is 0 Å². The number of aliphatic carboxylic acids is 1. The van der Waals surface area contributed by atoms with Gasteiger partial charge < -0.3 is 9.52 Å². The topological polar surface area (TPSA) is 53.7 Å². The van der Waals surface area contributed by atoms with Crippen molar-refractivity contribution in [3.8, 4) is 0 Å². The van der Waals surface area contributed by atoms with Crippen LogP contribution in [0, 0.1) is 0 Å². The van der Waals surface area contributed by atoms with E-state index in [1.807, 2.05) is 31.7 Å². The molecule has 0 aliphatic heterocycles. The van der Waals surface area contributed by atoms with Crippen molar-refractivity contribution in [1.82, 2.24) is 4.90 Å². The van der Waals surface area contributed by atoms with Crippen molar-refractivity contribution in [1.29, 1.82) is 0 Å². The number of carboxylic acid groups (broad SMARTS) is 1. The molecule has 0 atom stereocenters. The molecule has 0 aliphatic carbocycles. The second kappa shape index (κ2) is 4.49. The fourth-order valence-electron chi connectivity index (χ4n) is 1.28. The van der Waals surface area contributed by atoms with Crippen LogP contribution in [0.25, 0.3) is 0 Å². The average molecular weight is 211 g/mol. The molecule has 1 aromatic heterocycles. The maximum Gasteiger partial charge on any atom is 0.317 e. The first-order valence-corrected chi connectivity index (χ1v) is 4.89. The summed E-state index contributed by atoms with van der Waals surface area (Å²) in [6.45, 7) is 6.49. The molecule has 1 rings (SSSR count). The maximum absolute atomic E-state index is 10.7. The molecule has 0 unspecified atom stereocenters. The summed E-state index contributed by atoms with van der Waals surface area (Å²) in [6.07, 6.45) is 1.59. The average Bonchev–Trinajstić information content (AvgIpc) is 2.53. The van der Waals surface area contributed by atoms with Gasteiger partial charge in [-0.3, -0.25) is 9.69 Å². The zero-order valence-electron chi connectivity index (χ0n) is 9.36. The van der Waals surface area contributed by atoms with Gasteiger partial charge in [0.2, 0.25) is 0 Å². The van der Waals surface area contributed by atoms with Gasteiger partial charge in [-0.25, -0.2) is 0 Å². The Morgan fingerprint density at radius 2 is 2.20 bits per heavy atom. The van der Waals surface area contributed by atoms with E-state index in [0.717, 1.165) is 5.76 Å². The third kappa shape index (κ3) is 3.75. The molecule has 0 aliphatic rings. The first kappa shape index (κ1) is 11.8. The number of carboxylic acids is 1. The molecule has 0 amide bonds. The summed E-state index contributed by atoms with van der Waals surface area (Å²) >= 11 is 0. The van der Waals surface area contributed by atoms with E-state index >= 15 is 0 Å². The number of nitrogens with zero attached hydrogens (tertiary/aromatic N) is 1. The fraction of sp³-hybridized carbons (Fsp3) is 0.545. The molecule has 1 heterocycles. The summed E-state index contributed by atoms with van der Waals surface area (Å²) in [5.74, 6) is -0.0392. The van der Waals surface area contributed by atoms with Crippen LogP contribution >= 0.6 is 0 Å². The molecule has 0 fully saturated rings. The highest BCUT2D eigenvalue weighted by Crippen LogP contribution is 2.16. The Bertz CT molecular complexity index is 311. The number of hydrogen-bond acceptors (Lipinski definition) is 3. The molecule has 1 N–H and O–H groups in total. The highest BCUT2D eigenvalue weighted by atomic mass is 16.4. The molecule has 1 aromatic rings. The number of carbonyl (C=O) groups is 1. The van der Waals surface area contributed by atoms with E-state index in [-0.39, 0.29) is 12.1 Å². The van der Waals surface area contributed by atoms with E-state index < -0.39 is 5.97 Å². The Morgan fingerprint density at radius 3 is 2.60 bits per heavy atom. The zero-order chi connectivity index (χ0) is 11.5. The first-order valence-electron chi connectivity index (χ1n) is 4.89. The second-order valence-corrected chi connectivity index (χ2v) is 4.50. The minimum absolute atomic E-state index is 0.0181. The standard InChI is InChI=1S/C11H17NO3/c1-11(2,3)12(8-10(13)14)7-9-5-4-6-15-9/h4-6H,7-8H2,1-3H3,(H,13,14). The van der Waals surface area contributed by atoms with Crippen molar-refractivity contribution in [3.05, 3.63) is 24.2 Å². The van der Waals surface area contributed by atoms with E-state index in [1.165, 1.54) is 0 Å². The lowest BCUT2D eigenvalue weighted by molar-refractivity contribution is -0.140. The van der Waals surface area contributed by atoms with E-state index in [9.17, 15) is 4.79 Å². The van der Waals surface area contributed by atoms with Crippen molar-refractivity contribution in [2.75, 3.05) is 6.54 Å². The summed E-state index contributed by atoms with van der Waals surface area (Å²) in [5, 5.41) is 8.80. The van der Waals surface area contributed by atoms with Gasteiger partial charge in [-0.1, -0.05) is 0 Å². The Labute approximate surface area is 89.5 Å². The van der Waals surface area contributed by atoms with E-state index in [0.29, 0.717) is 6.54 Å². The Balaban J connectivity index is 2.69.